The summed E-state index contributed by atoms with van der Waals surface area (Å²) in [5.41, 5.74) is 1.03. The fourth-order valence-electron chi connectivity index (χ4n) is 3.26. The number of anilines is 1. The summed E-state index contributed by atoms with van der Waals surface area (Å²) in [6.07, 6.45) is 3.61. The monoisotopic (exact) mass is 398 g/mol. The number of ether oxygens (including phenoxy) is 1. The van der Waals surface area contributed by atoms with Crippen LogP contribution in [0.3, 0.4) is 0 Å². The Morgan fingerprint density at radius 1 is 1.11 bits per heavy atom. The molecule has 1 saturated heterocycles. The normalized spacial score (nSPS) is 14.2. The number of nitrogens with zero attached hydrogens (tertiary/aromatic N) is 4. The SMILES string of the molecule is COC(=O)c1ccc(CSc2nnc(N3CCCCC3)n2-c2ccccc2)o1. The number of carbonyl (C=O) groups excluding carboxylic acids is 1. The molecule has 1 fully saturated rings. The molecule has 3 aromatic rings. The smallest absolute Gasteiger partial charge is 0.373 e. The first kappa shape index (κ1) is 18.6. The van der Waals surface area contributed by atoms with Crippen LogP contribution >= 0.6 is 11.8 Å². The van der Waals surface area contributed by atoms with Gasteiger partial charge in [0.05, 0.1) is 18.6 Å². The molecule has 0 aliphatic carbocycles. The zero-order valence-electron chi connectivity index (χ0n) is 15.7. The van der Waals surface area contributed by atoms with Crippen LogP contribution in [0.15, 0.2) is 52.0 Å². The predicted molar refractivity (Wildman–Crippen MR) is 107 cm³/mol. The van der Waals surface area contributed by atoms with Gasteiger partial charge in [-0.3, -0.25) is 4.57 Å². The molecule has 28 heavy (non-hydrogen) atoms. The highest BCUT2D eigenvalue weighted by Gasteiger charge is 2.22. The quantitative estimate of drug-likeness (QED) is 0.460. The van der Waals surface area contributed by atoms with Gasteiger partial charge < -0.3 is 14.1 Å². The van der Waals surface area contributed by atoms with E-state index in [9.17, 15) is 4.79 Å². The lowest BCUT2D eigenvalue weighted by Crippen LogP contribution is -2.31. The lowest BCUT2D eigenvalue weighted by molar-refractivity contribution is 0.0563. The van der Waals surface area contributed by atoms with Gasteiger partial charge in [-0.05, 0) is 43.5 Å². The van der Waals surface area contributed by atoms with Gasteiger partial charge >= 0.3 is 5.97 Å². The number of carbonyl (C=O) groups is 1. The summed E-state index contributed by atoms with van der Waals surface area (Å²) >= 11 is 1.53. The molecule has 8 heteroatoms. The molecule has 0 bridgehead atoms. The van der Waals surface area contributed by atoms with E-state index in [1.807, 2.05) is 18.2 Å². The lowest BCUT2D eigenvalue weighted by Gasteiger charge is -2.27. The molecule has 0 saturated carbocycles. The molecule has 2 aromatic heterocycles. The number of furan rings is 1. The summed E-state index contributed by atoms with van der Waals surface area (Å²) in [5, 5.41) is 9.72. The number of rotatable bonds is 6. The third kappa shape index (κ3) is 3.91. The van der Waals surface area contributed by atoms with E-state index in [0.29, 0.717) is 11.5 Å². The maximum absolute atomic E-state index is 11.6. The maximum atomic E-state index is 11.6. The van der Waals surface area contributed by atoms with E-state index >= 15 is 0 Å². The van der Waals surface area contributed by atoms with Crippen LogP contribution in [-0.4, -0.2) is 40.9 Å². The van der Waals surface area contributed by atoms with Gasteiger partial charge in [0.1, 0.15) is 5.76 Å². The third-order valence-corrected chi connectivity index (χ3v) is 5.61. The van der Waals surface area contributed by atoms with Crippen molar-refractivity contribution in [2.45, 2.75) is 30.2 Å². The van der Waals surface area contributed by atoms with Crippen molar-refractivity contribution in [1.29, 1.82) is 0 Å². The van der Waals surface area contributed by atoms with Crippen LogP contribution in [0.1, 0.15) is 35.6 Å². The Balaban J connectivity index is 1.59. The minimum atomic E-state index is -0.476. The number of piperidine rings is 1. The molecular formula is C20H22N4O3S. The van der Waals surface area contributed by atoms with E-state index in [4.69, 9.17) is 4.42 Å². The summed E-state index contributed by atoms with van der Waals surface area (Å²) in [6, 6.07) is 13.6. The second-order valence-electron chi connectivity index (χ2n) is 6.55. The first-order valence-corrected chi connectivity index (χ1v) is 10.3. The fraction of sp³-hybridized carbons (Fsp3) is 0.350. The van der Waals surface area contributed by atoms with Gasteiger partial charge in [0.15, 0.2) is 5.16 Å². The second kappa shape index (κ2) is 8.52. The first-order valence-electron chi connectivity index (χ1n) is 9.32. The molecule has 146 valence electrons. The molecule has 3 heterocycles. The zero-order valence-corrected chi connectivity index (χ0v) is 16.5. The van der Waals surface area contributed by atoms with Crippen molar-refractivity contribution in [2.75, 3.05) is 25.1 Å². The van der Waals surface area contributed by atoms with Crippen LogP contribution in [-0.2, 0) is 10.5 Å². The minimum Gasteiger partial charge on any atom is -0.463 e. The van der Waals surface area contributed by atoms with Gasteiger partial charge in [-0.25, -0.2) is 4.79 Å². The fourth-order valence-corrected chi connectivity index (χ4v) is 4.10. The molecule has 7 nitrogen and oxygen atoms in total. The second-order valence-corrected chi connectivity index (χ2v) is 7.49. The Hall–Kier alpha value is -2.74. The van der Waals surface area contributed by atoms with E-state index in [-0.39, 0.29) is 5.76 Å². The van der Waals surface area contributed by atoms with E-state index in [1.54, 1.807) is 12.1 Å². The Kier molecular flexibility index (Phi) is 5.66. The Morgan fingerprint density at radius 3 is 2.64 bits per heavy atom. The van der Waals surface area contributed by atoms with Gasteiger partial charge in [0, 0.05) is 13.1 Å². The Bertz CT molecular complexity index is 932. The van der Waals surface area contributed by atoms with Crippen LogP contribution < -0.4 is 4.90 Å². The summed E-state index contributed by atoms with van der Waals surface area (Å²) in [5.74, 6) is 1.84. The van der Waals surface area contributed by atoms with E-state index in [1.165, 1.54) is 38.1 Å². The molecule has 0 spiro atoms. The number of hydrogen-bond acceptors (Lipinski definition) is 7. The topological polar surface area (TPSA) is 73.4 Å². The molecule has 0 atom stereocenters. The number of benzene rings is 1. The number of thioether (sulfide) groups is 1. The van der Waals surface area contributed by atoms with Gasteiger partial charge in [0.25, 0.3) is 0 Å². The number of methoxy groups -OCH3 is 1. The minimum absolute atomic E-state index is 0.205. The van der Waals surface area contributed by atoms with Crippen molar-refractivity contribution in [3.8, 4) is 5.69 Å². The summed E-state index contributed by atoms with van der Waals surface area (Å²) < 4.78 is 12.3. The van der Waals surface area contributed by atoms with E-state index in [2.05, 4.69) is 36.5 Å². The van der Waals surface area contributed by atoms with Gasteiger partial charge in [-0.15, -0.1) is 10.2 Å². The number of hydrogen-bond donors (Lipinski definition) is 0. The van der Waals surface area contributed by atoms with Gasteiger partial charge in [-0.2, -0.15) is 0 Å². The zero-order chi connectivity index (χ0) is 19.3. The molecule has 1 aromatic carbocycles. The van der Waals surface area contributed by atoms with Crippen molar-refractivity contribution in [3.05, 3.63) is 54.0 Å². The van der Waals surface area contributed by atoms with Crippen molar-refractivity contribution >= 4 is 23.7 Å². The molecule has 0 radical (unpaired) electrons. The largest absolute Gasteiger partial charge is 0.463 e. The Labute approximate surface area is 167 Å². The van der Waals surface area contributed by atoms with Crippen LogP contribution in [0.2, 0.25) is 0 Å². The average Bonchev–Trinajstić information content (AvgIpc) is 3.40. The molecule has 1 aliphatic rings. The highest BCUT2D eigenvalue weighted by atomic mass is 32.2. The number of esters is 1. The molecular weight excluding hydrogens is 376 g/mol. The highest BCUT2D eigenvalue weighted by molar-refractivity contribution is 7.98. The van der Waals surface area contributed by atoms with Gasteiger partial charge in [-0.1, -0.05) is 30.0 Å². The van der Waals surface area contributed by atoms with Crippen molar-refractivity contribution in [1.82, 2.24) is 14.8 Å². The molecule has 4 rings (SSSR count). The summed E-state index contributed by atoms with van der Waals surface area (Å²) in [4.78, 5) is 13.9. The van der Waals surface area contributed by atoms with Crippen LogP contribution in [0.25, 0.3) is 5.69 Å². The molecule has 0 N–H and O–H groups in total. The first-order chi connectivity index (χ1) is 13.8. The van der Waals surface area contributed by atoms with Crippen molar-refractivity contribution in [3.63, 3.8) is 0 Å². The van der Waals surface area contributed by atoms with Crippen LogP contribution in [0.5, 0.6) is 0 Å². The van der Waals surface area contributed by atoms with Crippen molar-refractivity contribution in [2.24, 2.45) is 0 Å². The highest BCUT2D eigenvalue weighted by Crippen LogP contribution is 2.30. The lowest BCUT2D eigenvalue weighted by atomic mass is 10.1. The maximum Gasteiger partial charge on any atom is 0.373 e. The van der Waals surface area contributed by atoms with Crippen LogP contribution in [0.4, 0.5) is 5.95 Å². The summed E-state index contributed by atoms with van der Waals surface area (Å²) in [7, 11) is 1.34. The van der Waals surface area contributed by atoms with Crippen molar-refractivity contribution < 1.29 is 13.9 Å². The Morgan fingerprint density at radius 2 is 1.89 bits per heavy atom. The van der Waals surface area contributed by atoms with E-state index in [0.717, 1.165) is 29.9 Å². The molecule has 1 aliphatic heterocycles. The standard InChI is InChI=1S/C20H22N4O3S/c1-26-18(25)17-11-10-16(27-17)14-28-20-22-21-19(23-12-6-3-7-13-23)24(20)15-8-4-2-5-9-15/h2,4-5,8-11H,3,6-7,12-14H2,1H3. The predicted octanol–water partition coefficient (Wildman–Crippen LogP) is 3.93. The summed E-state index contributed by atoms with van der Waals surface area (Å²) in [6.45, 7) is 1.99. The number of para-hydroxylation sites is 1. The molecule has 0 unspecified atom stereocenters. The van der Waals surface area contributed by atoms with Gasteiger partial charge in [0.2, 0.25) is 11.7 Å². The number of aromatic nitrogens is 3. The van der Waals surface area contributed by atoms with Crippen LogP contribution in [0, 0.1) is 0 Å². The third-order valence-electron chi connectivity index (χ3n) is 4.66. The van der Waals surface area contributed by atoms with E-state index < -0.39 is 5.97 Å². The average molecular weight is 398 g/mol. The molecule has 0 amide bonds.